The third-order valence-corrected chi connectivity index (χ3v) is 4.05. The number of carbonyl (C=O) groups is 1. The van der Waals surface area contributed by atoms with Crippen LogP contribution in [0.1, 0.15) is 12.0 Å². The molecule has 24 heavy (non-hydrogen) atoms. The van der Waals surface area contributed by atoms with E-state index in [1.165, 1.54) is 18.2 Å². The van der Waals surface area contributed by atoms with E-state index in [-0.39, 0.29) is 17.4 Å². The van der Waals surface area contributed by atoms with Gasteiger partial charge in [0.25, 0.3) is 6.43 Å². The van der Waals surface area contributed by atoms with Gasteiger partial charge in [0.05, 0.1) is 6.20 Å². The van der Waals surface area contributed by atoms with E-state index in [0.29, 0.717) is 19.6 Å². The lowest BCUT2D eigenvalue weighted by atomic mass is 10.1. The molecule has 1 aliphatic heterocycles. The summed E-state index contributed by atoms with van der Waals surface area (Å²) >= 11 is 0. The Kier molecular flexibility index (Phi) is 4.59. The van der Waals surface area contributed by atoms with E-state index in [4.69, 9.17) is 0 Å². The summed E-state index contributed by atoms with van der Waals surface area (Å²) in [7, 11) is 0. The number of rotatable bonds is 5. The van der Waals surface area contributed by atoms with Gasteiger partial charge in [0.1, 0.15) is 5.82 Å². The highest BCUT2D eigenvalue weighted by Crippen LogP contribution is 2.31. The highest BCUT2D eigenvalue weighted by atomic mass is 19.3. The highest BCUT2D eigenvalue weighted by Gasteiger charge is 2.26. The van der Waals surface area contributed by atoms with Crippen molar-refractivity contribution in [3.05, 3.63) is 54.7 Å². The van der Waals surface area contributed by atoms with Gasteiger partial charge in [-0.1, -0.05) is 18.7 Å². The fraction of sp³-hybridized carbons (Fsp3) is 0.294. The number of hydrogen-bond acceptors (Lipinski definition) is 3. The summed E-state index contributed by atoms with van der Waals surface area (Å²) in [5, 5.41) is 7.10. The fourth-order valence-corrected chi connectivity index (χ4v) is 2.83. The molecule has 0 unspecified atom stereocenters. The van der Waals surface area contributed by atoms with Gasteiger partial charge < -0.3 is 10.2 Å². The zero-order valence-electron chi connectivity index (χ0n) is 13.0. The quantitative estimate of drug-likeness (QED) is 0.857. The standard InChI is InChI=1S/C17H18F2N4O/c1-2-15(24)20-9-12-10-22(16-7-8-21-23(16)11-12)14-5-3-13(4-6-14)17(18)19/h2-8,12,17H,1,9-11H2,(H,20,24)/t12-/m0/s1. The van der Waals surface area contributed by atoms with Crippen molar-refractivity contribution in [2.45, 2.75) is 13.0 Å². The van der Waals surface area contributed by atoms with Crippen LogP contribution >= 0.6 is 0 Å². The molecule has 0 spiro atoms. The third-order valence-electron chi connectivity index (χ3n) is 4.05. The van der Waals surface area contributed by atoms with Gasteiger partial charge in [-0.25, -0.2) is 13.5 Å². The first-order valence-corrected chi connectivity index (χ1v) is 7.66. The zero-order chi connectivity index (χ0) is 17.1. The van der Waals surface area contributed by atoms with Gasteiger partial charge in [-0.05, 0) is 18.2 Å². The zero-order valence-corrected chi connectivity index (χ0v) is 13.0. The van der Waals surface area contributed by atoms with E-state index < -0.39 is 6.43 Å². The van der Waals surface area contributed by atoms with Crippen LogP contribution in [0.3, 0.4) is 0 Å². The molecule has 1 atom stereocenters. The van der Waals surface area contributed by atoms with Gasteiger partial charge >= 0.3 is 0 Å². The monoisotopic (exact) mass is 332 g/mol. The Morgan fingerprint density at radius 2 is 2.08 bits per heavy atom. The number of halogens is 2. The number of carbonyl (C=O) groups excluding carboxylic acids is 1. The van der Waals surface area contributed by atoms with Crippen molar-refractivity contribution in [3.8, 4) is 0 Å². The van der Waals surface area contributed by atoms with Gasteiger partial charge in [0.2, 0.25) is 5.91 Å². The van der Waals surface area contributed by atoms with Crippen LogP contribution in [0.15, 0.2) is 49.2 Å². The summed E-state index contributed by atoms with van der Waals surface area (Å²) in [6.45, 7) is 5.28. The van der Waals surface area contributed by atoms with E-state index in [1.54, 1.807) is 18.3 Å². The molecule has 126 valence electrons. The van der Waals surface area contributed by atoms with E-state index >= 15 is 0 Å². The minimum atomic E-state index is -2.48. The summed E-state index contributed by atoms with van der Waals surface area (Å²) < 4.78 is 27.3. The molecule has 0 saturated heterocycles. The summed E-state index contributed by atoms with van der Waals surface area (Å²) in [6, 6.07) is 8.13. The first-order valence-electron chi connectivity index (χ1n) is 7.66. The number of anilines is 2. The van der Waals surface area contributed by atoms with Gasteiger partial charge in [-0.15, -0.1) is 0 Å². The molecule has 2 heterocycles. The average molecular weight is 332 g/mol. The summed E-state index contributed by atoms with van der Waals surface area (Å²) in [4.78, 5) is 13.4. The lowest BCUT2D eigenvalue weighted by molar-refractivity contribution is -0.116. The van der Waals surface area contributed by atoms with Crippen LogP contribution < -0.4 is 10.2 Å². The maximum absolute atomic E-state index is 12.7. The Bertz CT molecular complexity index is 726. The predicted molar refractivity (Wildman–Crippen MR) is 87.3 cm³/mol. The molecule has 7 heteroatoms. The molecule has 0 saturated carbocycles. The van der Waals surface area contributed by atoms with Crippen LogP contribution in [-0.4, -0.2) is 28.8 Å². The number of benzene rings is 1. The van der Waals surface area contributed by atoms with Crippen LogP contribution in [0.2, 0.25) is 0 Å². The first kappa shape index (κ1) is 16.2. The van der Waals surface area contributed by atoms with Crippen molar-refractivity contribution in [1.29, 1.82) is 0 Å². The Morgan fingerprint density at radius 3 is 2.75 bits per heavy atom. The second kappa shape index (κ2) is 6.82. The summed E-state index contributed by atoms with van der Waals surface area (Å²) in [5.74, 6) is 0.844. The van der Waals surface area contributed by atoms with Crippen LogP contribution in [0.5, 0.6) is 0 Å². The molecule has 0 bridgehead atoms. The van der Waals surface area contributed by atoms with Gasteiger partial charge in [-0.3, -0.25) is 4.79 Å². The largest absolute Gasteiger partial charge is 0.352 e. The molecule has 0 aliphatic carbocycles. The second-order valence-electron chi connectivity index (χ2n) is 5.69. The van der Waals surface area contributed by atoms with Gasteiger partial charge in [-0.2, -0.15) is 5.10 Å². The summed E-state index contributed by atoms with van der Waals surface area (Å²) in [5.41, 5.74) is 0.819. The molecule has 1 amide bonds. The molecular formula is C17H18F2N4O. The van der Waals surface area contributed by atoms with E-state index in [0.717, 1.165) is 11.5 Å². The normalized spacial score (nSPS) is 16.8. The summed E-state index contributed by atoms with van der Waals surface area (Å²) in [6.07, 6.45) is 0.469. The smallest absolute Gasteiger partial charge is 0.263 e. The molecule has 0 fully saturated rings. The van der Waals surface area contributed by atoms with Crippen molar-refractivity contribution >= 4 is 17.4 Å². The number of alkyl halides is 2. The van der Waals surface area contributed by atoms with E-state index in [9.17, 15) is 13.6 Å². The molecule has 1 aliphatic rings. The molecule has 2 aromatic rings. The maximum Gasteiger partial charge on any atom is 0.263 e. The fourth-order valence-electron chi connectivity index (χ4n) is 2.83. The second-order valence-corrected chi connectivity index (χ2v) is 5.69. The lowest BCUT2D eigenvalue weighted by Crippen LogP contribution is -2.41. The number of aromatic nitrogens is 2. The van der Waals surface area contributed by atoms with E-state index in [2.05, 4.69) is 17.0 Å². The number of amides is 1. The van der Waals surface area contributed by atoms with Crippen LogP contribution in [0.4, 0.5) is 20.3 Å². The Morgan fingerprint density at radius 1 is 1.33 bits per heavy atom. The number of hydrogen-bond donors (Lipinski definition) is 1. The van der Waals surface area contributed by atoms with Gasteiger partial charge in [0.15, 0.2) is 0 Å². The van der Waals surface area contributed by atoms with Crippen molar-refractivity contribution < 1.29 is 13.6 Å². The third kappa shape index (κ3) is 3.29. The van der Waals surface area contributed by atoms with Crippen molar-refractivity contribution in [2.75, 3.05) is 18.0 Å². The molecule has 1 aromatic heterocycles. The molecule has 5 nitrogen and oxygen atoms in total. The molecule has 0 radical (unpaired) electrons. The molecule has 1 aromatic carbocycles. The number of fused-ring (bicyclic) bond motifs is 1. The van der Waals surface area contributed by atoms with Gasteiger partial charge in [0, 0.05) is 42.9 Å². The Hall–Kier alpha value is -2.70. The van der Waals surface area contributed by atoms with Crippen LogP contribution in [-0.2, 0) is 11.3 Å². The maximum atomic E-state index is 12.7. The van der Waals surface area contributed by atoms with Crippen molar-refractivity contribution in [1.82, 2.24) is 15.1 Å². The molecule has 1 N–H and O–H groups in total. The van der Waals surface area contributed by atoms with E-state index in [1.807, 2.05) is 15.6 Å². The average Bonchev–Trinajstić information content (AvgIpc) is 3.07. The highest BCUT2D eigenvalue weighted by molar-refractivity contribution is 5.86. The van der Waals surface area contributed by atoms with Crippen molar-refractivity contribution in [3.63, 3.8) is 0 Å². The minimum absolute atomic E-state index is 0.000867. The van der Waals surface area contributed by atoms with Crippen LogP contribution in [0.25, 0.3) is 0 Å². The number of nitrogens with zero attached hydrogens (tertiary/aromatic N) is 3. The first-order chi connectivity index (χ1) is 11.6. The lowest BCUT2D eigenvalue weighted by Gasteiger charge is -2.35. The van der Waals surface area contributed by atoms with Crippen molar-refractivity contribution in [2.24, 2.45) is 5.92 Å². The Labute approximate surface area is 138 Å². The van der Waals surface area contributed by atoms with Crippen LogP contribution in [0, 0.1) is 5.92 Å². The predicted octanol–water partition coefficient (Wildman–Crippen LogP) is 2.89. The molecule has 3 rings (SSSR count). The SMILES string of the molecule is C=CC(=O)NC[C@H]1CN(c2ccc(C(F)F)cc2)c2ccnn2C1. The number of nitrogens with one attached hydrogen (secondary N) is 1. The topological polar surface area (TPSA) is 50.2 Å². The minimum Gasteiger partial charge on any atom is -0.352 e. The molecular weight excluding hydrogens is 314 g/mol. The Balaban J connectivity index is 1.81.